The molecule has 0 heterocycles. The molecule has 2 aromatic rings. The van der Waals surface area contributed by atoms with Crippen LogP contribution >= 0.6 is 21.4 Å². The summed E-state index contributed by atoms with van der Waals surface area (Å²) in [5.74, 6) is -2.63. The maximum Gasteiger partial charge on any atom is 0.347 e. The molecule has 0 aliphatic carbocycles. The van der Waals surface area contributed by atoms with Crippen LogP contribution in [-0.2, 0) is 22.8 Å². The summed E-state index contributed by atoms with van der Waals surface area (Å²) in [7, 11) is 1.92. The topological polar surface area (TPSA) is 112 Å². The number of rotatable bonds is 4. The Morgan fingerprint density at radius 2 is 1.00 bits per heavy atom. The minimum atomic E-state index is -4.27. The van der Waals surface area contributed by atoms with Crippen LogP contribution in [0.4, 0.5) is 0 Å². The van der Waals surface area contributed by atoms with E-state index < -0.39 is 51.0 Å². The molecule has 0 bridgehead atoms. The summed E-state index contributed by atoms with van der Waals surface area (Å²) in [5, 5.41) is 0. The number of hydrogen-bond acceptors (Lipinski definition) is 7. The van der Waals surface area contributed by atoms with Crippen molar-refractivity contribution in [1.29, 1.82) is 0 Å². The number of carbonyl (C=O) groups excluding carboxylic acids is 2. The Labute approximate surface area is 152 Å². The first kappa shape index (κ1) is 19.4. The molecule has 2 aromatic carbocycles. The van der Waals surface area contributed by atoms with Gasteiger partial charge in [-0.25, -0.2) is 26.4 Å². The Balaban J connectivity index is 2.40. The van der Waals surface area contributed by atoms with Gasteiger partial charge in [-0.3, -0.25) is 0 Å². The van der Waals surface area contributed by atoms with Crippen molar-refractivity contribution in [2.75, 3.05) is 0 Å². The number of benzene rings is 2. The quantitative estimate of drug-likeness (QED) is 0.422. The van der Waals surface area contributed by atoms with Crippen molar-refractivity contribution in [3.63, 3.8) is 0 Å². The van der Waals surface area contributed by atoms with Gasteiger partial charge >= 0.3 is 11.9 Å². The monoisotopic (exact) mass is 422 g/mol. The molecule has 0 aromatic heterocycles. The number of esters is 2. The summed E-state index contributed by atoms with van der Waals surface area (Å²) in [6.45, 7) is 0. The zero-order valence-electron chi connectivity index (χ0n) is 12.0. The third-order valence-corrected chi connectivity index (χ3v) is 5.68. The molecule has 0 amide bonds. The Morgan fingerprint density at radius 3 is 1.32 bits per heavy atom. The molecular weight excluding hydrogens is 415 g/mol. The van der Waals surface area contributed by atoms with E-state index in [1.165, 1.54) is 24.3 Å². The first-order valence-electron chi connectivity index (χ1n) is 6.35. The van der Waals surface area contributed by atoms with Crippen molar-refractivity contribution < 1.29 is 31.2 Å². The first-order chi connectivity index (χ1) is 11.5. The van der Waals surface area contributed by atoms with Crippen molar-refractivity contribution in [3.05, 3.63) is 59.7 Å². The van der Waals surface area contributed by atoms with E-state index in [2.05, 4.69) is 4.74 Å². The molecule has 2 rings (SSSR count). The number of halogens is 2. The van der Waals surface area contributed by atoms with E-state index >= 15 is 0 Å². The first-order valence-corrected chi connectivity index (χ1v) is 11.0. The van der Waals surface area contributed by atoms with Gasteiger partial charge in [0, 0.05) is 21.4 Å². The van der Waals surface area contributed by atoms with Crippen LogP contribution < -0.4 is 0 Å². The molecule has 25 heavy (non-hydrogen) atoms. The summed E-state index contributed by atoms with van der Waals surface area (Å²) < 4.78 is 50.5. The van der Waals surface area contributed by atoms with Gasteiger partial charge in [-0.1, -0.05) is 24.3 Å². The van der Waals surface area contributed by atoms with Crippen LogP contribution in [0.15, 0.2) is 58.3 Å². The molecule has 7 nitrogen and oxygen atoms in total. The Bertz CT molecular complexity index is 975. The predicted molar refractivity (Wildman–Crippen MR) is 88.7 cm³/mol. The lowest BCUT2D eigenvalue weighted by Crippen LogP contribution is -2.16. The normalized spacial score (nSPS) is 11.8. The molecule has 0 aliphatic heterocycles. The third-order valence-electron chi connectivity index (χ3n) is 2.92. The highest BCUT2D eigenvalue weighted by atomic mass is 35.7. The molecule has 0 spiro atoms. The van der Waals surface area contributed by atoms with Crippen molar-refractivity contribution in [1.82, 2.24) is 0 Å². The van der Waals surface area contributed by atoms with E-state index in [9.17, 15) is 26.4 Å². The van der Waals surface area contributed by atoms with Crippen molar-refractivity contribution in [2.45, 2.75) is 9.79 Å². The maximum absolute atomic E-state index is 12.1. The second kappa shape index (κ2) is 7.12. The van der Waals surface area contributed by atoms with Crippen LogP contribution in [0, 0.1) is 0 Å². The lowest BCUT2D eigenvalue weighted by atomic mass is 10.2. The predicted octanol–water partition coefficient (Wildman–Crippen LogP) is 2.54. The van der Waals surface area contributed by atoms with Crippen LogP contribution in [0.2, 0.25) is 0 Å². The second-order valence-corrected chi connectivity index (χ2v) is 9.61. The minimum Gasteiger partial charge on any atom is -0.386 e. The Kier molecular flexibility index (Phi) is 5.52. The van der Waals surface area contributed by atoms with Gasteiger partial charge in [0.15, 0.2) is 0 Å². The summed E-state index contributed by atoms with van der Waals surface area (Å²) in [6, 6.07) is 9.62. The number of carbonyl (C=O) groups is 2. The van der Waals surface area contributed by atoms with Crippen LogP contribution in [0.3, 0.4) is 0 Å². The zero-order chi connectivity index (χ0) is 18.8. The summed E-state index contributed by atoms with van der Waals surface area (Å²) in [6.07, 6.45) is 0. The summed E-state index contributed by atoms with van der Waals surface area (Å²) >= 11 is 0. The van der Waals surface area contributed by atoms with Crippen molar-refractivity contribution >= 4 is 51.4 Å². The molecule has 0 aliphatic rings. The fraction of sp³-hybridized carbons (Fsp3) is 0. The van der Waals surface area contributed by atoms with Gasteiger partial charge in [0.25, 0.3) is 18.1 Å². The third kappa shape index (κ3) is 4.57. The van der Waals surface area contributed by atoms with Crippen LogP contribution in [0.25, 0.3) is 0 Å². The van der Waals surface area contributed by atoms with Crippen LogP contribution in [-0.4, -0.2) is 28.8 Å². The maximum atomic E-state index is 12.1. The van der Waals surface area contributed by atoms with Crippen molar-refractivity contribution in [3.8, 4) is 0 Å². The highest BCUT2D eigenvalue weighted by Gasteiger charge is 2.26. The van der Waals surface area contributed by atoms with Gasteiger partial charge in [-0.05, 0) is 24.3 Å². The molecule has 0 atom stereocenters. The lowest BCUT2D eigenvalue weighted by Gasteiger charge is -2.08. The fourth-order valence-corrected chi connectivity index (χ4v) is 4.01. The Hall–Kier alpha value is -1.94. The molecular formula is C14H8Cl2O7S2. The number of hydrogen-bond donors (Lipinski definition) is 0. The molecule has 0 saturated heterocycles. The van der Waals surface area contributed by atoms with E-state index in [0.29, 0.717) is 0 Å². The van der Waals surface area contributed by atoms with Crippen molar-refractivity contribution in [2.24, 2.45) is 0 Å². The molecule has 0 unspecified atom stereocenters. The second-order valence-electron chi connectivity index (χ2n) is 4.54. The van der Waals surface area contributed by atoms with E-state index in [-0.39, 0.29) is 0 Å². The van der Waals surface area contributed by atoms with E-state index in [1.807, 2.05) is 0 Å². The zero-order valence-corrected chi connectivity index (χ0v) is 15.2. The standard InChI is InChI=1S/C14H8Cl2O7S2/c15-24(19,20)11-7-3-1-5-9(11)13(17)23-14(18)10-6-2-4-8-12(10)25(16,21)22/h1-8H. The molecule has 0 saturated carbocycles. The highest BCUT2D eigenvalue weighted by molar-refractivity contribution is 8.14. The van der Waals surface area contributed by atoms with E-state index in [0.717, 1.165) is 24.3 Å². The average Bonchev–Trinajstić information content (AvgIpc) is 2.53. The highest BCUT2D eigenvalue weighted by Crippen LogP contribution is 2.23. The molecule has 11 heteroatoms. The summed E-state index contributed by atoms with van der Waals surface area (Å²) in [5.41, 5.74) is -0.950. The van der Waals surface area contributed by atoms with Crippen LogP contribution in [0.5, 0.6) is 0 Å². The minimum absolute atomic E-state index is 0.475. The van der Waals surface area contributed by atoms with Gasteiger partial charge < -0.3 is 4.74 Å². The molecule has 0 N–H and O–H groups in total. The van der Waals surface area contributed by atoms with Gasteiger partial charge in [0.05, 0.1) is 20.9 Å². The molecule has 0 radical (unpaired) electrons. The lowest BCUT2D eigenvalue weighted by molar-refractivity contribution is 0.0392. The van der Waals surface area contributed by atoms with E-state index in [1.54, 1.807) is 0 Å². The smallest absolute Gasteiger partial charge is 0.347 e. The number of ether oxygens (including phenoxy) is 1. The molecule has 0 fully saturated rings. The van der Waals surface area contributed by atoms with Gasteiger partial charge in [0.1, 0.15) is 0 Å². The molecule has 132 valence electrons. The Morgan fingerprint density at radius 1 is 0.680 bits per heavy atom. The van der Waals surface area contributed by atoms with E-state index in [4.69, 9.17) is 21.4 Å². The average molecular weight is 423 g/mol. The van der Waals surface area contributed by atoms with Gasteiger partial charge in [-0.2, -0.15) is 0 Å². The fourth-order valence-electron chi connectivity index (χ4n) is 1.89. The summed E-state index contributed by atoms with van der Waals surface area (Å²) in [4.78, 5) is 23.1. The van der Waals surface area contributed by atoms with Gasteiger partial charge in [0.2, 0.25) is 0 Å². The SMILES string of the molecule is O=C(OC(=O)c1ccccc1S(=O)(=O)Cl)c1ccccc1S(=O)(=O)Cl. The van der Waals surface area contributed by atoms with Gasteiger partial charge in [-0.15, -0.1) is 0 Å². The largest absolute Gasteiger partial charge is 0.386 e. The van der Waals surface area contributed by atoms with Crippen LogP contribution in [0.1, 0.15) is 20.7 Å².